The zero-order valence-electron chi connectivity index (χ0n) is 7.95. The third kappa shape index (κ3) is 3.30. The highest BCUT2D eigenvalue weighted by Crippen LogP contribution is 1.96. The first-order chi connectivity index (χ1) is 6.36. The van der Waals surface area contributed by atoms with E-state index in [0.29, 0.717) is 6.54 Å². The minimum absolute atomic E-state index is 0.621. The predicted octanol–water partition coefficient (Wildman–Crippen LogP) is 0.993. The second-order valence-corrected chi connectivity index (χ2v) is 2.83. The van der Waals surface area contributed by atoms with Gasteiger partial charge in [-0.15, -0.1) is 0 Å². The van der Waals surface area contributed by atoms with Crippen molar-refractivity contribution in [2.45, 2.75) is 26.3 Å². The van der Waals surface area contributed by atoms with Gasteiger partial charge in [-0.05, 0) is 6.42 Å². The van der Waals surface area contributed by atoms with Gasteiger partial charge in [0.15, 0.2) is 0 Å². The van der Waals surface area contributed by atoms with Crippen LogP contribution in [0, 0.1) is 11.8 Å². The Morgan fingerprint density at radius 1 is 1.62 bits per heavy atom. The van der Waals surface area contributed by atoms with E-state index < -0.39 is 0 Å². The smallest absolute Gasteiger partial charge is 0.0646 e. The zero-order valence-corrected chi connectivity index (χ0v) is 7.95. The fraction of sp³-hybridized carbons (Fsp3) is 0.500. The Hall–Kier alpha value is -1.27. The molecule has 0 radical (unpaired) electrons. The van der Waals surface area contributed by atoms with E-state index in [9.17, 15) is 0 Å². The van der Waals surface area contributed by atoms with Crippen LogP contribution in [0.1, 0.15) is 25.3 Å². The van der Waals surface area contributed by atoms with E-state index in [0.717, 1.165) is 24.9 Å². The molecule has 0 saturated carbocycles. The van der Waals surface area contributed by atoms with Crippen LogP contribution >= 0.6 is 0 Å². The molecule has 0 fully saturated rings. The van der Waals surface area contributed by atoms with Gasteiger partial charge in [0.25, 0.3) is 0 Å². The third-order valence-electron chi connectivity index (χ3n) is 1.59. The Morgan fingerprint density at radius 3 is 3.15 bits per heavy atom. The van der Waals surface area contributed by atoms with Gasteiger partial charge < -0.3 is 5.73 Å². The van der Waals surface area contributed by atoms with E-state index in [1.54, 1.807) is 6.20 Å². The minimum Gasteiger partial charge on any atom is -0.330 e. The van der Waals surface area contributed by atoms with Gasteiger partial charge in [-0.2, -0.15) is 5.10 Å². The molecule has 1 heterocycles. The number of aromatic nitrogens is 2. The molecule has 1 rings (SSSR count). The van der Waals surface area contributed by atoms with Crippen molar-refractivity contribution in [2.75, 3.05) is 6.54 Å². The normalized spacial score (nSPS) is 9.38. The maximum absolute atomic E-state index is 5.32. The van der Waals surface area contributed by atoms with E-state index >= 15 is 0 Å². The fourth-order valence-electron chi connectivity index (χ4n) is 1.02. The van der Waals surface area contributed by atoms with Crippen molar-refractivity contribution in [3.63, 3.8) is 0 Å². The van der Waals surface area contributed by atoms with Crippen LogP contribution in [-0.4, -0.2) is 16.3 Å². The van der Waals surface area contributed by atoms with Crippen LogP contribution in [0.4, 0.5) is 0 Å². The first-order valence-corrected chi connectivity index (χ1v) is 4.58. The van der Waals surface area contributed by atoms with Gasteiger partial charge in [0.2, 0.25) is 0 Å². The highest BCUT2D eigenvalue weighted by molar-refractivity contribution is 5.29. The number of hydrogen-bond donors (Lipinski definition) is 1. The Morgan fingerprint density at radius 2 is 2.46 bits per heavy atom. The van der Waals surface area contributed by atoms with Gasteiger partial charge in [-0.1, -0.05) is 18.8 Å². The van der Waals surface area contributed by atoms with Crippen molar-refractivity contribution in [2.24, 2.45) is 5.73 Å². The van der Waals surface area contributed by atoms with Gasteiger partial charge in [0.05, 0.1) is 11.8 Å². The summed E-state index contributed by atoms with van der Waals surface area (Å²) in [6.45, 7) is 3.70. The number of nitrogens with two attached hydrogens (primary N) is 1. The molecule has 0 bridgehead atoms. The lowest BCUT2D eigenvalue weighted by atomic mass is 10.3. The average molecular weight is 177 g/mol. The molecular weight excluding hydrogens is 162 g/mol. The van der Waals surface area contributed by atoms with E-state index in [1.807, 2.05) is 10.9 Å². The molecule has 13 heavy (non-hydrogen) atoms. The van der Waals surface area contributed by atoms with Crippen LogP contribution in [0.5, 0.6) is 0 Å². The summed E-state index contributed by atoms with van der Waals surface area (Å²) in [4.78, 5) is 0. The molecule has 0 saturated heterocycles. The summed E-state index contributed by atoms with van der Waals surface area (Å²) in [5.41, 5.74) is 6.30. The summed E-state index contributed by atoms with van der Waals surface area (Å²) in [7, 11) is 0. The molecule has 0 spiro atoms. The highest BCUT2D eigenvalue weighted by Gasteiger charge is 1.92. The largest absolute Gasteiger partial charge is 0.330 e. The number of hydrogen-bond acceptors (Lipinski definition) is 2. The van der Waals surface area contributed by atoms with E-state index in [-0.39, 0.29) is 0 Å². The van der Waals surface area contributed by atoms with Crippen molar-refractivity contribution in [3.8, 4) is 11.8 Å². The molecule has 0 aliphatic heterocycles. The van der Waals surface area contributed by atoms with Crippen molar-refractivity contribution in [3.05, 3.63) is 18.0 Å². The fourth-order valence-corrected chi connectivity index (χ4v) is 1.02. The Labute approximate surface area is 78.9 Å². The Bertz CT molecular complexity index is 303. The van der Waals surface area contributed by atoms with Crippen LogP contribution in [0.3, 0.4) is 0 Å². The van der Waals surface area contributed by atoms with Gasteiger partial charge >= 0.3 is 0 Å². The molecule has 3 heteroatoms. The summed E-state index contributed by atoms with van der Waals surface area (Å²) in [5.74, 6) is 5.99. The molecule has 1 aromatic rings. The molecule has 0 amide bonds. The van der Waals surface area contributed by atoms with Crippen LogP contribution in [-0.2, 0) is 6.54 Å². The maximum atomic E-state index is 5.32. The lowest BCUT2D eigenvalue weighted by Gasteiger charge is -1.93. The Kier molecular flexibility index (Phi) is 4.07. The summed E-state index contributed by atoms with van der Waals surface area (Å²) >= 11 is 0. The summed E-state index contributed by atoms with van der Waals surface area (Å²) in [5, 5.41) is 4.17. The van der Waals surface area contributed by atoms with Gasteiger partial charge in [-0.3, -0.25) is 4.68 Å². The molecule has 1 aromatic heterocycles. The molecule has 0 unspecified atom stereocenters. The molecule has 0 aliphatic rings. The number of nitrogens with zero attached hydrogens (tertiary/aromatic N) is 2. The van der Waals surface area contributed by atoms with Gasteiger partial charge in [-0.25, -0.2) is 0 Å². The topological polar surface area (TPSA) is 43.8 Å². The monoisotopic (exact) mass is 177 g/mol. The van der Waals surface area contributed by atoms with E-state index in [2.05, 4.69) is 23.9 Å². The van der Waals surface area contributed by atoms with Crippen molar-refractivity contribution < 1.29 is 0 Å². The third-order valence-corrected chi connectivity index (χ3v) is 1.59. The first kappa shape index (κ1) is 9.82. The minimum atomic E-state index is 0.621. The quantitative estimate of drug-likeness (QED) is 0.700. The standard InChI is InChI=1S/C10H15N3/c1-2-7-13-9-10(8-12-13)5-3-4-6-11/h8-9H,2,4,6-7,11H2,1H3. The van der Waals surface area contributed by atoms with Crippen molar-refractivity contribution in [1.29, 1.82) is 0 Å². The molecule has 2 N–H and O–H groups in total. The predicted molar refractivity (Wildman–Crippen MR) is 53.1 cm³/mol. The van der Waals surface area contributed by atoms with Crippen LogP contribution in [0.15, 0.2) is 12.4 Å². The van der Waals surface area contributed by atoms with Crippen LogP contribution in [0.25, 0.3) is 0 Å². The second kappa shape index (κ2) is 5.39. The van der Waals surface area contributed by atoms with Crippen molar-refractivity contribution in [1.82, 2.24) is 9.78 Å². The number of aryl methyl sites for hydroxylation is 1. The summed E-state index contributed by atoms with van der Waals surface area (Å²) in [6.07, 6.45) is 5.60. The van der Waals surface area contributed by atoms with Gasteiger partial charge in [0, 0.05) is 25.7 Å². The zero-order chi connectivity index (χ0) is 9.52. The van der Waals surface area contributed by atoms with Gasteiger partial charge in [0.1, 0.15) is 0 Å². The first-order valence-electron chi connectivity index (χ1n) is 4.58. The van der Waals surface area contributed by atoms with E-state index in [1.165, 1.54) is 0 Å². The van der Waals surface area contributed by atoms with Crippen LogP contribution < -0.4 is 5.73 Å². The SMILES string of the molecule is CCCn1cc(C#CCCN)cn1. The molecule has 0 aromatic carbocycles. The summed E-state index contributed by atoms with van der Waals surface area (Å²) < 4.78 is 1.91. The van der Waals surface area contributed by atoms with Crippen LogP contribution in [0.2, 0.25) is 0 Å². The molecule has 0 atom stereocenters. The summed E-state index contributed by atoms with van der Waals surface area (Å²) in [6, 6.07) is 0. The lowest BCUT2D eigenvalue weighted by molar-refractivity contribution is 0.602. The second-order valence-electron chi connectivity index (χ2n) is 2.83. The lowest BCUT2D eigenvalue weighted by Crippen LogP contribution is -1.95. The highest BCUT2D eigenvalue weighted by atomic mass is 15.3. The molecule has 3 nitrogen and oxygen atoms in total. The molecule has 0 aliphatic carbocycles. The maximum Gasteiger partial charge on any atom is 0.0646 e. The molecular formula is C10H15N3. The average Bonchev–Trinajstić information content (AvgIpc) is 2.54. The molecule has 70 valence electrons. The van der Waals surface area contributed by atoms with Crippen molar-refractivity contribution >= 4 is 0 Å². The number of rotatable bonds is 3. The van der Waals surface area contributed by atoms with E-state index in [4.69, 9.17) is 5.73 Å². The Balaban J connectivity index is 2.54.